The molecule has 0 saturated carbocycles. The van der Waals surface area contributed by atoms with Crippen molar-refractivity contribution in [1.29, 1.82) is 0 Å². The minimum Gasteiger partial charge on any atom is -0.326 e. The quantitative estimate of drug-likeness (QED) is 0.451. The first kappa shape index (κ1) is 18.2. The Hall–Kier alpha value is -2.89. The number of nitrogens with two attached hydrogens (primary N) is 1. The van der Waals surface area contributed by atoms with Crippen LogP contribution in [0.25, 0.3) is 11.4 Å². The van der Waals surface area contributed by atoms with E-state index in [0.29, 0.717) is 18.4 Å². The highest BCUT2D eigenvalue weighted by Gasteiger charge is 2.27. The molecule has 0 unspecified atom stereocenters. The van der Waals surface area contributed by atoms with Crippen LogP contribution in [0.2, 0.25) is 0 Å². The second-order valence-corrected chi connectivity index (χ2v) is 7.44. The molecule has 1 atom stereocenters. The van der Waals surface area contributed by atoms with Crippen LogP contribution in [-0.4, -0.2) is 61.1 Å². The first-order valence-corrected chi connectivity index (χ1v) is 10.0. The lowest BCUT2D eigenvalue weighted by Gasteiger charge is -2.30. The molecule has 5 N–H and O–H groups in total. The molecule has 0 bridgehead atoms. The molecular formula is C18H25N11. The third kappa shape index (κ3) is 3.37. The van der Waals surface area contributed by atoms with E-state index in [4.69, 9.17) is 5.73 Å². The molecule has 0 spiro atoms. The van der Waals surface area contributed by atoms with Gasteiger partial charge in [0.15, 0.2) is 0 Å². The highest BCUT2D eigenvalue weighted by Crippen LogP contribution is 2.38. The monoisotopic (exact) mass is 395 g/mol. The number of aromatic nitrogens is 7. The Labute approximate surface area is 168 Å². The van der Waals surface area contributed by atoms with Crippen LogP contribution in [0.1, 0.15) is 24.0 Å². The Morgan fingerprint density at radius 2 is 2.21 bits per heavy atom. The average Bonchev–Trinajstić information content (AvgIpc) is 3.53. The predicted octanol–water partition coefficient (Wildman–Crippen LogP) is -0.0898. The number of anilines is 2. The third-order valence-electron chi connectivity index (χ3n) is 5.71. The molecule has 152 valence electrons. The van der Waals surface area contributed by atoms with Crippen molar-refractivity contribution in [2.24, 2.45) is 5.73 Å². The molecule has 29 heavy (non-hydrogen) atoms. The Kier molecular flexibility index (Phi) is 4.92. The van der Waals surface area contributed by atoms with Gasteiger partial charge in [-0.25, -0.2) is 0 Å². The first-order valence-electron chi connectivity index (χ1n) is 10.0. The molecule has 3 aromatic rings. The lowest BCUT2D eigenvalue weighted by atomic mass is 9.97. The molecule has 0 amide bonds. The van der Waals surface area contributed by atoms with Gasteiger partial charge in [0, 0.05) is 38.8 Å². The molecule has 1 aromatic carbocycles. The zero-order valence-electron chi connectivity index (χ0n) is 16.2. The Morgan fingerprint density at radius 3 is 3.00 bits per heavy atom. The zero-order valence-corrected chi connectivity index (χ0v) is 16.2. The lowest BCUT2D eigenvalue weighted by Crippen LogP contribution is -2.31. The number of H-pyrrole nitrogens is 1. The fraction of sp³-hybridized carbons (Fsp3) is 0.500. The Bertz CT molecular complexity index is 958. The molecule has 1 fully saturated rings. The van der Waals surface area contributed by atoms with Crippen molar-refractivity contribution in [3.63, 3.8) is 0 Å². The summed E-state index contributed by atoms with van der Waals surface area (Å²) >= 11 is 0. The molecule has 11 nitrogen and oxygen atoms in total. The average molecular weight is 395 g/mol. The molecule has 0 radical (unpaired) electrons. The first-order chi connectivity index (χ1) is 14.3. The Morgan fingerprint density at radius 1 is 1.24 bits per heavy atom. The minimum absolute atomic E-state index is 0.387. The zero-order chi connectivity index (χ0) is 19.6. The summed E-state index contributed by atoms with van der Waals surface area (Å²) in [6, 6.07) is 4.74. The van der Waals surface area contributed by atoms with Crippen LogP contribution in [0.15, 0.2) is 18.5 Å². The summed E-state index contributed by atoms with van der Waals surface area (Å²) in [6.45, 7) is 4.95. The van der Waals surface area contributed by atoms with Crippen molar-refractivity contribution in [3.05, 3.63) is 29.6 Å². The fourth-order valence-electron chi connectivity index (χ4n) is 4.25. The van der Waals surface area contributed by atoms with Gasteiger partial charge in [0.05, 0.1) is 11.3 Å². The summed E-state index contributed by atoms with van der Waals surface area (Å²) < 4.78 is 2.06. The summed E-state index contributed by atoms with van der Waals surface area (Å²) in [5.41, 5.74) is 10.3. The van der Waals surface area contributed by atoms with Gasteiger partial charge in [0.1, 0.15) is 6.33 Å². The van der Waals surface area contributed by atoms with E-state index in [9.17, 15) is 0 Å². The molecule has 11 heteroatoms. The maximum atomic E-state index is 6.24. The van der Waals surface area contributed by atoms with E-state index < -0.39 is 0 Å². The number of hydrogen-bond donors (Lipinski definition) is 4. The van der Waals surface area contributed by atoms with Gasteiger partial charge in [-0.1, -0.05) is 6.07 Å². The van der Waals surface area contributed by atoms with E-state index in [0.717, 1.165) is 73.9 Å². The van der Waals surface area contributed by atoms with Crippen LogP contribution in [0, 0.1) is 0 Å². The molecule has 0 aliphatic carbocycles. The lowest BCUT2D eigenvalue weighted by molar-refractivity contribution is 0.545. The van der Waals surface area contributed by atoms with Crippen LogP contribution in [0.3, 0.4) is 0 Å². The minimum atomic E-state index is 0.387. The summed E-state index contributed by atoms with van der Waals surface area (Å²) in [4.78, 5) is 2.17. The number of nitrogens with zero attached hydrogens (tertiary/aromatic N) is 7. The van der Waals surface area contributed by atoms with Crippen molar-refractivity contribution < 1.29 is 0 Å². The maximum Gasteiger partial charge on any atom is 0.231 e. The van der Waals surface area contributed by atoms with E-state index in [1.54, 1.807) is 6.33 Å². The maximum absolute atomic E-state index is 6.24. The van der Waals surface area contributed by atoms with Crippen LogP contribution in [0.5, 0.6) is 0 Å². The number of aromatic amines is 1. The topological polar surface area (TPSA) is 138 Å². The van der Waals surface area contributed by atoms with Crippen LogP contribution >= 0.6 is 0 Å². The van der Waals surface area contributed by atoms with Gasteiger partial charge in [-0.05, 0) is 41.8 Å². The van der Waals surface area contributed by atoms with E-state index in [1.807, 2.05) is 0 Å². The molecule has 1 saturated heterocycles. The number of tetrazole rings is 1. The number of rotatable bonds is 6. The van der Waals surface area contributed by atoms with Gasteiger partial charge < -0.3 is 21.3 Å². The van der Waals surface area contributed by atoms with E-state index in [2.05, 4.69) is 63.1 Å². The molecule has 2 aliphatic heterocycles. The van der Waals surface area contributed by atoms with E-state index in [1.165, 1.54) is 0 Å². The van der Waals surface area contributed by atoms with Gasteiger partial charge in [0.2, 0.25) is 11.8 Å². The van der Waals surface area contributed by atoms with Crippen molar-refractivity contribution >= 4 is 11.6 Å². The number of nitrogens with one attached hydrogen (secondary N) is 3. The molecule has 4 heterocycles. The van der Waals surface area contributed by atoms with Gasteiger partial charge in [-0.15, -0.1) is 20.4 Å². The van der Waals surface area contributed by atoms with Crippen LogP contribution < -0.4 is 21.3 Å². The SMILES string of the molecule is NCc1c(CN[C@@H]2CCNC2)ccc(N2CCCn3cnnc32)c1-c1nn[nH]n1. The highest BCUT2D eigenvalue weighted by atomic mass is 15.5. The smallest absolute Gasteiger partial charge is 0.231 e. The van der Waals surface area contributed by atoms with Crippen molar-refractivity contribution in [2.45, 2.75) is 38.5 Å². The van der Waals surface area contributed by atoms with E-state index >= 15 is 0 Å². The summed E-state index contributed by atoms with van der Waals surface area (Å²) in [6.07, 6.45) is 3.91. The largest absolute Gasteiger partial charge is 0.326 e. The van der Waals surface area contributed by atoms with Gasteiger partial charge >= 0.3 is 0 Å². The summed E-state index contributed by atoms with van der Waals surface area (Å²) in [5, 5.41) is 30.3. The van der Waals surface area contributed by atoms with Gasteiger partial charge in [0.25, 0.3) is 0 Å². The van der Waals surface area contributed by atoms with Crippen LogP contribution in [0.4, 0.5) is 11.6 Å². The van der Waals surface area contributed by atoms with Crippen LogP contribution in [-0.2, 0) is 19.6 Å². The van der Waals surface area contributed by atoms with Gasteiger partial charge in [-0.3, -0.25) is 4.57 Å². The Balaban J connectivity index is 1.57. The number of hydrogen-bond acceptors (Lipinski definition) is 9. The van der Waals surface area contributed by atoms with Gasteiger partial charge in [-0.2, -0.15) is 5.21 Å². The predicted molar refractivity (Wildman–Crippen MR) is 107 cm³/mol. The fourth-order valence-corrected chi connectivity index (χ4v) is 4.25. The standard InChI is InChI=1S/C18H25N11/c19-8-14-12(9-21-13-4-5-20-10-13)2-3-15(16(14)17-23-26-27-24-17)29-7-1-6-28-11-22-25-18(28)29/h2-3,11,13,20-21H,1,4-10,19H2,(H,23,24,26,27)/t13-/m1/s1. The molecule has 2 aromatic heterocycles. The molecular weight excluding hydrogens is 370 g/mol. The van der Waals surface area contributed by atoms with E-state index in [-0.39, 0.29) is 0 Å². The van der Waals surface area contributed by atoms with Crippen molar-refractivity contribution in [2.75, 3.05) is 24.5 Å². The summed E-state index contributed by atoms with van der Waals surface area (Å²) in [7, 11) is 0. The van der Waals surface area contributed by atoms with Crippen molar-refractivity contribution in [1.82, 2.24) is 46.0 Å². The normalized spacial score (nSPS) is 18.9. The second-order valence-electron chi connectivity index (χ2n) is 7.44. The third-order valence-corrected chi connectivity index (χ3v) is 5.71. The number of benzene rings is 1. The molecule has 5 rings (SSSR count). The highest BCUT2D eigenvalue weighted by molar-refractivity contribution is 5.81. The molecule has 2 aliphatic rings. The number of aryl methyl sites for hydroxylation is 1. The second kappa shape index (κ2) is 7.85. The summed E-state index contributed by atoms with van der Waals surface area (Å²) in [5.74, 6) is 1.37. The van der Waals surface area contributed by atoms with Crippen molar-refractivity contribution in [3.8, 4) is 11.4 Å². The number of fused-ring (bicyclic) bond motifs is 1.